The maximum Gasteiger partial charge on any atom is 0.123 e. The highest BCUT2D eigenvalue weighted by molar-refractivity contribution is 9.10. The lowest BCUT2D eigenvalue weighted by Gasteiger charge is -2.15. The van der Waals surface area contributed by atoms with Gasteiger partial charge in [0.1, 0.15) is 11.6 Å². The van der Waals surface area contributed by atoms with E-state index in [1.165, 1.54) is 24.3 Å². The summed E-state index contributed by atoms with van der Waals surface area (Å²) in [6.45, 7) is 1.79. The summed E-state index contributed by atoms with van der Waals surface area (Å²) in [5.41, 5.74) is 8.07. The van der Waals surface area contributed by atoms with Gasteiger partial charge in [-0.25, -0.2) is 8.78 Å². The Labute approximate surface area is 113 Å². The molecule has 0 heterocycles. The zero-order chi connectivity index (χ0) is 13.3. The van der Waals surface area contributed by atoms with Gasteiger partial charge in [0.15, 0.2) is 0 Å². The van der Waals surface area contributed by atoms with Gasteiger partial charge < -0.3 is 5.73 Å². The van der Waals surface area contributed by atoms with Crippen LogP contribution in [0.25, 0.3) is 0 Å². The molecule has 0 amide bonds. The molecule has 0 bridgehead atoms. The molecule has 1 nitrogen and oxygen atoms in total. The van der Waals surface area contributed by atoms with E-state index in [1.54, 1.807) is 19.1 Å². The Bertz CT molecular complexity index is 564. The summed E-state index contributed by atoms with van der Waals surface area (Å²) in [6.07, 6.45) is 0. The highest BCUT2D eigenvalue weighted by Crippen LogP contribution is 2.28. The third-order valence-electron chi connectivity index (χ3n) is 2.72. The monoisotopic (exact) mass is 311 g/mol. The first-order chi connectivity index (χ1) is 8.47. The minimum absolute atomic E-state index is 0.340. The van der Waals surface area contributed by atoms with E-state index in [9.17, 15) is 8.78 Å². The third kappa shape index (κ3) is 2.76. The van der Waals surface area contributed by atoms with Gasteiger partial charge in [0.05, 0.1) is 6.04 Å². The number of benzene rings is 2. The minimum Gasteiger partial charge on any atom is -0.320 e. The van der Waals surface area contributed by atoms with Gasteiger partial charge in [0.25, 0.3) is 0 Å². The van der Waals surface area contributed by atoms with Gasteiger partial charge >= 0.3 is 0 Å². The number of nitrogens with two attached hydrogens (primary N) is 1. The second-order valence-electron chi connectivity index (χ2n) is 4.21. The molecule has 94 valence electrons. The molecular formula is C14H12BrF2N. The van der Waals surface area contributed by atoms with Crippen molar-refractivity contribution in [2.45, 2.75) is 13.0 Å². The van der Waals surface area contributed by atoms with Gasteiger partial charge in [-0.2, -0.15) is 0 Å². The number of aryl methyl sites for hydroxylation is 1. The Kier molecular flexibility index (Phi) is 3.78. The number of hydrogen-bond acceptors (Lipinski definition) is 1. The summed E-state index contributed by atoms with van der Waals surface area (Å²) in [5, 5.41) is 0. The van der Waals surface area contributed by atoms with Gasteiger partial charge in [0.2, 0.25) is 0 Å². The number of rotatable bonds is 2. The van der Waals surface area contributed by atoms with Crippen molar-refractivity contribution >= 4 is 15.9 Å². The molecule has 0 fully saturated rings. The van der Waals surface area contributed by atoms with E-state index in [4.69, 9.17) is 5.73 Å². The molecule has 0 saturated carbocycles. The quantitative estimate of drug-likeness (QED) is 0.888. The normalized spacial score (nSPS) is 12.5. The molecular weight excluding hydrogens is 300 g/mol. The first-order valence-corrected chi connectivity index (χ1v) is 6.24. The van der Waals surface area contributed by atoms with Crippen molar-refractivity contribution in [3.05, 3.63) is 69.2 Å². The number of hydrogen-bond donors (Lipinski definition) is 1. The van der Waals surface area contributed by atoms with Crippen molar-refractivity contribution in [3.8, 4) is 0 Å². The molecule has 1 atom stereocenters. The van der Waals surface area contributed by atoms with E-state index in [0.717, 1.165) is 5.56 Å². The molecule has 0 aromatic heterocycles. The van der Waals surface area contributed by atoms with E-state index >= 15 is 0 Å². The first kappa shape index (κ1) is 13.2. The summed E-state index contributed by atoms with van der Waals surface area (Å²) >= 11 is 3.32. The predicted molar refractivity (Wildman–Crippen MR) is 71.3 cm³/mol. The molecule has 2 rings (SSSR count). The average molecular weight is 312 g/mol. The standard InChI is InChI=1S/C14H12BrF2N/c1-8-4-9(6-11(17)5-8)14(18)12-7-10(16)2-3-13(12)15/h2-7,14H,18H2,1H3. The lowest BCUT2D eigenvalue weighted by Crippen LogP contribution is -2.13. The Morgan fingerprint density at radius 2 is 1.78 bits per heavy atom. The van der Waals surface area contributed by atoms with Gasteiger partial charge in [-0.3, -0.25) is 0 Å². The lowest BCUT2D eigenvalue weighted by molar-refractivity contribution is 0.618. The van der Waals surface area contributed by atoms with Gasteiger partial charge in [-0.1, -0.05) is 22.0 Å². The van der Waals surface area contributed by atoms with Crippen LogP contribution in [0.4, 0.5) is 8.78 Å². The molecule has 0 aliphatic heterocycles. The van der Waals surface area contributed by atoms with Crippen molar-refractivity contribution in [2.24, 2.45) is 5.73 Å². The Hall–Kier alpha value is -1.26. The number of halogens is 3. The molecule has 2 N–H and O–H groups in total. The molecule has 18 heavy (non-hydrogen) atoms. The van der Waals surface area contributed by atoms with Crippen molar-refractivity contribution < 1.29 is 8.78 Å². The summed E-state index contributed by atoms with van der Waals surface area (Å²) in [7, 11) is 0. The van der Waals surface area contributed by atoms with Gasteiger partial charge in [0, 0.05) is 4.47 Å². The maximum atomic E-state index is 13.3. The molecule has 0 radical (unpaired) electrons. The van der Waals surface area contributed by atoms with E-state index in [1.807, 2.05) is 0 Å². The summed E-state index contributed by atoms with van der Waals surface area (Å²) in [4.78, 5) is 0. The van der Waals surface area contributed by atoms with Crippen LogP contribution < -0.4 is 5.73 Å². The predicted octanol–water partition coefficient (Wildman–Crippen LogP) is 4.08. The zero-order valence-electron chi connectivity index (χ0n) is 9.75. The highest BCUT2D eigenvalue weighted by atomic mass is 79.9. The molecule has 1 unspecified atom stereocenters. The molecule has 0 spiro atoms. The molecule has 0 aliphatic carbocycles. The maximum absolute atomic E-state index is 13.3. The SMILES string of the molecule is Cc1cc(F)cc(C(N)c2cc(F)ccc2Br)c1. The molecule has 2 aromatic rings. The smallest absolute Gasteiger partial charge is 0.123 e. The van der Waals surface area contributed by atoms with Crippen molar-refractivity contribution in [1.82, 2.24) is 0 Å². The average Bonchev–Trinajstić information content (AvgIpc) is 2.30. The van der Waals surface area contributed by atoms with Crippen LogP contribution in [-0.4, -0.2) is 0 Å². The zero-order valence-corrected chi connectivity index (χ0v) is 11.3. The van der Waals surface area contributed by atoms with Crippen LogP contribution >= 0.6 is 15.9 Å². The largest absolute Gasteiger partial charge is 0.320 e. The van der Waals surface area contributed by atoms with Crippen molar-refractivity contribution in [1.29, 1.82) is 0 Å². The fourth-order valence-corrected chi connectivity index (χ4v) is 2.37. The van der Waals surface area contributed by atoms with Crippen molar-refractivity contribution in [3.63, 3.8) is 0 Å². The van der Waals surface area contributed by atoms with Crippen LogP contribution in [0.15, 0.2) is 40.9 Å². The summed E-state index contributed by atoms with van der Waals surface area (Å²) in [6, 6.07) is 8.32. The van der Waals surface area contributed by atoms with Crippen LogP contribution in [-0.2, 0) is 0 Å². The Morgan fingerprint density at radius 1 is 1.06 bits per heavy atom. The molecule has 0 saturated heterocycles. The Balaban J connectivity index is 2.47. The van der Waals surface area contributed by atoms with Crippen LogP contribution in [0.3, 0.4) is 0 Å². The van der Waals surface area contributed by atoms with E-state index in [2.05, 4.69) is 15.9 Å². The van der Waals surface area contributed by atoms with Crippen molar-refractivity contribution in [2.75, 3.05) is 0 Å². The molecule has 2 aromatic carbocycles. The fraction of sp³-hybridized carbons (Fsp3) is 0.143. The minimum atomic E-state index is -0.565. The van der Waals surface area contributed by atoms with E-state index in [0.29, 0.717) is 15.6 Å². The van der Waals surface area contributed by atoms with E-state index in [-0.39, 0.29) is 11.6 Å². The van der Waals surface area contributed by atoms with Crippen LogP contribution in [0.5, 0.6) is 0 Å². The van der Waals surface area contributed by atoms with Crippen LogP contribution in [0.2, 0.25) is 0 Å². The summed E-state index contributed by atoms with van der Waals surface area (Å²) < 4.78 is 27.3. The van der Waals surface area contributed by atoms with Crippen LogP contribution in [0, 0.1) is 18.6 Å². The van der Waals surface area contributed by atoms with Gasteiger partial charge in [-0.05, 0) is 53.9 Å². The van der Waals surface area contributed by atoms with E-state index < -0.39 is 6.04 Å². The van der Waals surface area contributed by atoms with Crippen LogP contribution in [0.1, 0.15) is 22.7 Å². The fourth-order valence-electron chi connectivity index (χ4n) is 1.88. The lowest BCUT2D eigenvalue weighted by atomic mass is 9.98. The third-order valence-corrected chi connectivity index (χ3v) is 3.44. The topological polar surface area (TPSA) is 26.0 Å². The van der Waals surface area contributed by atoms with Gasteiger partial charge in [-0.15, -0.1) is 0 Å². The first-order valence-electron chi connectivity index (χ1n) is 5.45. The Morgan fingerprint density at radius 3 is 2.44 bits per heavy atom. The highest BCUT2D eigenvalue weighted by Gasteiger charge is 2.14. The molecule has 4 heteroatoms. The second-order valence-corrected chi connectivity index (χ2v) is 5.06. The summed E-state index contributed by atoms with van der Waals surface area (Å²) in [5.74, 6) is -0.704. The second kappa shape index (κ2) is 5.16. The molecule has 0 aliphatic rings.